The third-order valence-electron chi connectivity index (χ3n) is 7.82. The molecule has 2 amide bonds. The molecular weight excluding hydrogens is 492 g/mol. The summed E-state index contributed by atoms with van der Waals surface area (Å²) in [5.41, 5.74) is 3.04. The zero-order valence-corrected chi connectivity index (χ0v) is 22.3. The molecule has 0 radical (unpaired) electrons. The molecule has 2 aliphatic heterocycles. The van der Waals surface area contributed by atoms with Crippen LogP contribution in [0, 0.1) is 0 Å². The van der Waals surface area contributed by atoms with Crippen LogP contribution < -0.4 is 20.3 Å². The van der Waals surface area contributed by atoms with E-state index in [0.29, 0.717) is 48.3 Å². The highest BCUT2D eigenvalue weighted by molar-refractivity contribution is 5.96. The largest absolute Gasteiger partial charge is 0.496 e. The summed E-state index contributed by atoms with van der Waals surface area (Å²) in [6.07, 6.45) is 6.61. The number of pyridine rings is 1. The number of nitrogens with zero attached hydrogens (tertiary/aromatic N) is 2. The first kappa shape index (κ1) is 26.7. The van der Waals surface area contributed by atoms with Gasteiger partial charge in [0.15, 0.2) is 0 Å². The predicted molar refractivity (Wildman–Crippen MR) is 150 cm³/mol. The minimum Gasteiger partial charge on any atom is -0.496 e. The van der Waals surface area contributed by atoms with Gasteiger partial charge in [-0.05, 0) is 68.4 Å². The van der Waals surface area contributed by atoms with Crippen LogP contribution in [0.25, 0.3) is 0 Å². The number of aliphatic hydroxyl groups excluding tert-OH is 1. The van der Waals surface area contributed by atoms with E-state index in [2.05, 4.69) is 20.5 Å². The normalized spacial score (nSPS) is 19.9. The second kappa shape index (κ2) is 12.3. The minimum absolute atomic E-state index is 0.0638. The van der Waals surface area contributed by atoms with Gasteiger partial charge in [-0.1, -0.05) is 36.4 Å². The number of aromatic nitrogens is 1. The molecule has 3 aromatic rings. The zero-order chi connectivity index (χ0) is 27.2. The van der Waals surface area contributed by atoms with Crippen LogP contribution in [-0.4, -0.2) is 53.7 Å². The number of aliphatic hydroxyl groups is 1. The van der Waals surface area contributed by atoms with Crippen LogP contribution >= 0.6 is 0 Å². The molecule has 2 unspecified atom stereocenters. The first-order chi connectivity index (χ1) is 19.1. The molecule has 2 fully saturated rings. The van der Waals surface area contributed by atoms with Crippen molar-refractivity contribution in [1.82, 2.24) is 15.6 Å². The number of ether oxygens (including phenoxy) is 1. The number of hydrogen-bond acceptors (Lipinski definition) is 6. The topological polar surface area (TPSA) is 104 Å². The summed E-state index contributed by atoms with van der Waals surface area (Å²) in [6.45, 7) is 0.539. The van der Waals surface area contributed by atoms with E-state index in [-0.39, 0.29) is 24.5 Å². The van der Waals surface area contributed by atoms with E-state index in [9.17, 15) is 14.7 Å². The summed E-state index contributed by atoms with van der Waals surface area (Å²) in [5.74, 6) is 1.32. The molecule has 0 spiro atoms. The molecule has 2 bridgehead atoms. The number of carbonyl (C=O) groups excluding carboxylic acids is 2. The van der Waals surface area contributed by atoms with Crippen molar-refractivity contribution in [1.29, 1.82) is 0 Å². The number of methoxy groups -OCH3 is 1. The van der Waals surface area contributed by atoms with Crippen molar-refractivity contribution in [3.8, 4) is 5.75 Å². The Morgan fingerprint density at radius 1 is 1.00 bits per heavy atom. The first-order valence-electron chi connectivity index (χ1n) is 13.7. The van der Waals surface area contributed by atoms with Crippen LogP contribution in [0.15, 0.2) is 66.9 Å². The number of anilines is 1. The van der Waals surface area contributed by atoms with E-state index >= 15 is 0 Å². The maximum absolute atomic E-state index is 13.3. The lowest BCUT2D eigenvalue weighted by atomic mass is 9.95. The lowest BCUT2D eigenvalue weighted by Gasteiger charge is -2.40. The summed E-state index contributed by atoms with van der Waals surface area (Å²) in [5, 5.41) is 15.5. The van der Waals surface area contributed by atoms with Crippen molar-refractivity contribution in [3.63, 3.8) is 0 Å². The Bertz CT molecular complexity index is 1270. The zero-order valence-electron chi connectivity index (χ0n) is 22.3. The van der Waals surface area contributed by atoms with E-state index in [1.165, 1.54) is 0 Å². The van der Waals surface area contributed by atoms with Crippen molar-refractivity contribution >= 4 is 17.6 Å². The highest BCUT2D eigenvalue weighted by atomic mass is 16.5. The lowest BCUT2D eigenvalue weighted by molar-refractivity contribution is 0.0923. The Morgan fingerprint density at radius 3 is 2.44 bits per heavy atom. The summed E-state index contributed by atoms with van der Waals surface area (Å²) >= 11 is 0. The molecule has 2 saturated heterocycles. The molecule has 2 aliphatic rings. The Balaban J connectivity index is 1.20. The van der Waals surface area contributed by atoms with Gasteiger partial charge in [-0.2, -0.15) is 0 Å². The SMILES string of the molecule is COc1cccc(C(=O)NC2CC3CCC(C2)N3c2ccc(C(=O)NCc3ccccc3)cn2)c1CCCO. The highest BCUT2D eigenvalue weighted by Gasteiger charge is 2.42. The van der Waals surface area contributed by atoms with Crippen molar-refractivity contribution < 1.29 is 19.4 Å². The van der Waals surface area contributed by atoms with Crippen LogP contribution in [0.3, 0.4) is 0 Å². The van der Waals surface area contributed by atoms with E-state index in [0.717, 1.165) is 42.6 Å². The fraction of sp³-hybridized carbons (Fsp3) is 0.387. The molecule has 204 valence electrons. The quantitative estimate of drug-likeness (QED) is 0.369. The molecule has 0 aliphatic carbocycles. The molecule has 5 rings (SSSR count). The first-order valence-corrected chi connectivity index (χ1v) is 13.7. The second-order valence-electron chi connectivity index (χ2n) is 10.3. The van der Waals surface area contributed by atoms with Gasteiger partial charge in [-0.3, -0.25) is 9.59 Å². The van der Waals surface area contributed by atoms with Crippen LogP contribution in [0.5, 0.6) is 5.75 Å². The van der Waals surface area contributed by atoms with E-state index in [1.54, 1.807) is 13.3 Å². The van der Waals surface area contributed by atoms with Gasteiger partial charge in [0.2, 0.25) is 0 Å². The maximum atomic E-state index is 13.3. The average molecular weight is 529 g/mol. The van der Waals surface area contributed by atoms with Gasteiger partial charge < -0.3 is 25.4 Å². The number of fused-ring (bicyclic) bond motifs is 2. The fourth-order valence-electron chi connectivity index (χ4n) is 5.97. The standard InChI is InChI=1S/C31H36N4O4/c1-39-28-11-5-9-27(26(28)10-6-16-36)31(38)34-23-17-24-13-14-25(18-23)35(24)29-15-12-22(20-32-29)30(37)33-19-21-7-3-2-4-8-21/h2-5,7-9,11-12,15,20,23-25,36H,6,10,13-14,16-19H2,1H3,(H,33,37)(H,34,38). The predicted octanol–water partition coefficient (Wildman–Crippen LogP) is 3.87. The Hall–Kier alpha value is -3.91. The Labute approximate surface area is 229 Å². The molecule has 39 heavy (non-hydrogen) atoms. The third-order valence-corrected chi connectivity index (χ3v) is 7.82. The van der Waals surface area contributed by atoms with E-state index < -0.39 is 0 Å². The van der Waals surface area contributed by atoms with Crippen LogP contribution in [0.1, 0.15) is 63.9 Å². The van der Waals surface area contributed by atoms with Gasteiger partial charge in [-0.25, -0.2) is 4.98 Å². The van der Waals surface area contributed by atoms with Gasteiger partial charge in [-0.15, -0.1) is 0 Å². The summed E-state index contributed by atoms with van der Waals surface area (Å²) in [7, 11) is 1.60. The molecule has 0 saturated carbocycles. The molecular formula is C31H36N4O4. The van der Waals surface area contributed by atoms with Crippen LogP contribution in [0.2, 0.25) is 0 Å². The Morgan fingerprint density at radius 2 is 1.77 bits per heavy atom. The molecule has 2 aromatic carbocycles. The third kappa shape index (κ3) is 6.06. The van der Waals surface area contributed by atoms with Crippen molar-refractivity contribution in [2.45, 2.75) is 63.2 Å². The van der Waals surface area contributed by atoms with Gasteiger partial charge >= 0.3 is 0 Å². The fourth-order valence-corrected chi connectivity index (χ4v) is 5.97. The van der Waals surface area contributed by atoms with E-state index in [1.807, 2.05) is 60.7 Å². The van der Waals surface area contributed by atoms with E-state index in [4.69, 9.17) is 4.74 Å². The van der Waals surface area contributed by atoms with Crippen molar-refractivity contribution in [3.05, 3.63) is 89.1 Å². The number of piperidine rings is 1. The molecule has 2 atom stereocenters. The van der Waals surface area contributed by atoms with Gasteiger partial charge in [0.25, 0.3) is 11.8 Å². The summed E-state index contributed by atoms with van der Waals surface area (Å²) < 4.78 is 5.49. The molecule has 3 heterocycles. The summed E-state index contributed by atoms with van der Waals surface area (Å²) in [4.78, 5) is 32.9. The van der Waals surface area contributed by atoms with Gasteiger partial charge in [0.1, 0.15) is 11.6 Å². The molecule has 1 aromatic heterocycles. The molecule has 8 nitrogen and oxygen atoms in total. The maximum Gasteiger partial charge on any atom is 0.253 e. The van der Waals surface area contributed by atoms with Gasteiger partial charge in [0, 0.05) is 48.6 Å². The van der Waals surface area contributed by atoms with Gasteiger partial charge in [0.05, 0.1) is 12.7 Å². The molecule has 3 N–H and O–H groups in total. The number of benzene rings is 2. The smallest absolute Gasteiger partial charge is 0.253 e. The molecule has 8 heteroatoms. The van der Waals surface area contributed by atoms with Crippen molar-refractivity contribution in [2.75, 3.05) is 18.6 Å². The number of carbonyl (C=O) groups is 2. The summed E-state index contributed by atoms with van der Waals surface area (Å²) in [6, 6.07) is 19.8. The second-order valence-corrected chi connectivity index (χ2v) is 10.3. The number of hydrogen-bond donors (Lipinski definition) is 3. The highest BCUT2D eigenvalue weighted by Crippen LogP contribution is 2.38. The number of nitrogens with one attached hydrogen (secondary N) is 2. The van der Waals surface area contributed by atoms with Crippen LogP contribution in [0.4, 0.5) is 5.82 Å². The monoisotopic (exact) mass is 528 g/mol. The lowest BCUT2D eigenvalue weighted by Crippen LogP contribution is -2.51. The average Bonchev–Trinajstić information content (AvgIpc) is 3.24. The number of rotatable bonds is 10. The van der Waals surface area contributed by atoms with Crippen molar-refractivity contribution in [2.24, 2.45) is 0 Å². The minimum atomic E-state index is -0.141. The van der Waals surface area contributed by atoms with Crippen LogP contribution in [-0.2, 0) is 13.0 Å². The Kier molecular flexibility index (Phi) is 8.42. The number of amides is 2.